The van der Waals surface area contributed by atoms with Crippen molar-refractivity contribution in [2.75, 3.05) is 5.73 Å². The molecule has 6 heteroatoms. The molecule has 0 fully saturated rings. The summed E-state index contributed by atoms with van der Waals surface area (Å²) in [7, 11) is 0. The number of nitrogens with one attached hydrogen (secondary N) is 1. The monoisotopic (exact) mass is 258 g/mol. The van der Waals surface area contributed by atoms with Gasteiger partial charge in [-0.15, -0.1) is 0 Å². The highest BCUT2D eigenvalue weighted by atomic mass is 16.4. The van der Waals surface area contributed by atoms with Crippen LogP contribution in [-0.4, -0.2) is 16.6 Å². The molecule has 1 aromatic carbocycles. The molecule has 0 unspecified atom stereocenters. The Bertz CT molecular complexity index is 700. The molecule has 0 aliphatic carbocycles. The van der Waals surface area contributed by atoms with Crippen LogP contribution in [0.3, 0.4) is 0 Å². The Morgan fingerprint density at radius 1 is 1.42 bits per heavy atom. The van der Waals surface area contributed by atoms with Gasteiger partial charge in [0.25, 0.3) is 6.01 Å². The quantitative estimate of drug-likeness (QED) is 0.813. The van der Waals surface area contributed by atoms with Crippen LogP contribution in [0.15, 0.2) is 27.7 Å². The van der Waals surface area contributed by atoms with Gasteiger partial charge in [-0.3, -0.25) is 4.79 Å². The van der Waals surface area contributed by atoms with Crippen LogP contribution >= 0.6 is 0 Å². The number of aromatic nitrogens is 1. The number of fused-ring (bicyclic) bond motifs is 1. The van der Waals surface area contributed by atoms with E-state index in [-0.39, 0.29) is 17.3 Å². The minimum atomic E-state index is -0.314. The molecule has 0 atom stereocenters. The molecule has 0 saturated carbocycles. The Labute approximate surface area is 109 Å². The highest BCUT2D eigenvalue weighted by molar-refractivity contribution is 6.09. The van der Waals surface area contributed by atoms with Gasteiger partial charge < -0.3 is 10.2 Å². The van der Waals surface area contributed by atoms with Gasteiger partial charge in [-0.25, -0.2) is 5.43 Å². The molecule has 3 N–H and O–H groups in total. The third-order valence-electron chi connectivity index (χ3n) is 3.21. The molecule has 1 aromatic heterocycles. The van der Waals surface area contributed by atoms with Crippen molar-refractivity contribution in [1.29, 1.82) is 0 Å². The molecule has 0 radical (unpaired) electrons. The van der Waals surface area contributed by atoms with Crippen LogP contribution < -0.4 is 11.2 Å². The summed E-state index contributed by atoms with van der Waals surface area (Å²) in [4.78, 5) is 15.5. The number of rotatable bonds is 1. The summed E-state index contributed by atoms with van der Waals surface area (Å²) in [6, 6.07) is 5.71. The minimum absolute atomic E-state index is 0.0690. The van der Waals surface area contributed by atoms with Crippen molar-refractivity contribution in [1.82, 2.24) is 10.4 Å². The van der Waals surface area contributed by atoms with Crippen LogP contribution in [0.1, 0.15) is 25.8 Å². The molecule has 0 saturated heterocycles. The van der Waals surface area contributed by atoms with E-state index in [4.69, 9.17) is 10.2 Å². The van der Waals surface area contributed by atoms with E-state index in [2.05, 4.69) is 15.5 Å². The second-order valence-electron chi connectivity index (χ2n) is 5.29. The Morgan fingerprint density at radius 2 is 2.21 bits per heavy atom. The summed E-state index contributed by atoms with van der Waals surface area (Å²) in [5.74, 6) is -0.0690. The van der Waals surface area contributed by atoms with E-state index in [0.717, 1.165) is 11.3 Å². The van der Waals surface area contributed by atoms with Gasteiger partial charge in [0.1, 0.15) is 5.52 Å². The lowest BCUT2D eigenvalue weighted by atomic mass is 9.79. The number of hydrazone groups is 1. The molecule has 2 heterocycles. The van der Waals surface area contributed by atoms with Gasteiger partial charge in [0.15, 0.2) is 5.58 Å². The molecule has 19 heavy (non-hydrogen) atoms. The van der Waals surface area contributed by atoms with E-state index in [1.165, 1.54) is 0 Å². The summed E-state index contributed by atoms with van der Waals surface area (Å²) in [6.07, 6.45) is 0.408. The average molecular weight is 258 g/mol. The van der Waals surface area contributed by atoms with Crippen LogP contribution in [0.4, 0.5) is 6.01 Å². The summed E-state index contributed by atoms with van der Waals surface area (Å²) < 4.78 is 5.24. The molecule has 6 nitrogen and oxygen atoms in total. The number of oxazole rings is 1. The zero-order chi connectivity index (χ0) is 13.6. The molecular weight excluding hydrogens is 244 g/mol. The van der Waals surface area contributed by atoms with E-state index in [1.54, 1.807) is 0 Å². The smallest absolute Gasteiger partial charge is 0.292 e. The van der Waals surface area contributed by atoms with Gasteiger partial charge in [-0.05, 0) is 18.2 Å². The Kier molecular flexibility index (Phi) is 2.35. The molecule has 0 bridgehead atoms. The van der Waals surface area contributed by atoms with Crippen LogP contribution in [0.25, 0.3) is 11.1 Å². The summed E-state index contributed by atoms with van der Waals surface area (Å²) in [5, 5.41) is 4.17. The number of carbonyl (C=O) groups is 1. The highest BCUT2D eigenvalue weighted by Crippen LogP contribution is 2.30. The second kappa shape index (κ2) is 3.81. The standard InChI is InChI=1S/C13H14N4O2/c1-13(2)6-10(18)16-17-11(13)7-3-4-9-8(5-7)15-12(14)19-9/h3-5H,6H2,1-2H3,(H2,14,15)(H,16,18). The Morgan fingerprint density at radius 3 is 2.95 bits per heavy atom. The minimum Gasteiger partial charge on any atom is -0.424 e. The zero-order valence-corrected chi connectivity index (χ0v) is 10.7. The SMILES string of the molecule is CC1(C)CC(=O)NN=C1c1ccc2oc(N)nc2c1. The Balaban J connectivity index is 2.10. The number of carbonyl (C=O) groups excluding carboxylic acids is 1. The summed E-state index contributed by atoms with van der Waals surface area (Å²) >= 11 is 0. The maximum Gasteiger partial charge on any atom is 0.292 e. The van der Waals surface area contributed by atoms with Gasteiger partial charge in [0, 0.05) is 17.4 Å². The maximum absolute atomic E-state index is 11.4. The zero-order valence-electron chi connectivity index (χ0n) is 10.7. The molecule has 1 aliphatic rings. The van der Waals surface area contributed by atoms with Gasteiger partial charge in [0.05, 0.1) is 5.71 Å². The number of amides is 1. The largest absolute Gasteiger partial charge is 0.424 e. The number of hydrogen-bond acceptors (Lipinski definition) is 5. The number of hydrogen-bond donors (Lipinski definition) is 2. The lowest BCUT2D eigenvalue weighted by Crippen LogP contribution is -2.39. The van der Waals surface area contributed by atoms with Crippen LogP contribution in [-0.2, 0) is 4.79 Å². The number of anilines is 1. The van der Waals surface area contributed by atoms with Crippen LogP contribution in [0, 0.1) is 5.41 Å². The van der Waals surface area contributed by atoms with Crippen molar-refractivity contribution in [3.63, 3.8) is 0 Å². The van der Waals surface area contributed by atoms with E-state index < -0.39 is 0 Å². The first kappa shape index (κ1) is 11.7. The molecule has 1 amide bonds. The van der Waals surface area contributed by atoms with E-state index >= 15 is 0 Å². The highest BCUT2D eigenvalue weighted by Gasteiger charge is 2.33. The van der Waals surface area contributed by atoms with Gasteiger partial charge in [-0.2, -0.15) is 10.1 Å². The molecule has 98 valence electrons. The van der Waals surface area contributed by atoms with Crippen LogP contribution in [0.5, 0.6) is 0 Å². The molecule has 2 aromatic rings. The maximum atomic E-state index is 11.4. The summed E-state index contributed by atoms with van der Waals surface area (Å²) in [6.45, 7) is 3.98. The normalized spacial score (nSPS) is 18.2. The third kappa shape index (κ3) is 1.95. The topological polar surface area (TPSA) is 93.5 Å². The van der Waals surface area contributed by atoms with Gasteiger partial charge in [-0.1, -0.05) is 13.8 Å². The van der Waals surface area contributed by atoms with Crippen molar-refractivity contribution in [2.24, 2.45) is 10.5 Å². The number of nitrogens with two attached hydrogens (primary N) is 1. The average Bonchev–Trinajstić information content (AvgIpc) is 2.66. The fourth-order valence-electron chi connectivity index (χ4n) is 2.34. The lowest BCUT2D eigenvalue weighted by Gasteiger charge is -2.29. The number of benzene rings is 1. The number of nitrogen functional groups attached to an aromatic ring is 1. The van der Waals surface area contributed by atoms with Crippen molar-refractivity contribution in [3.05, 3.63) is 23.8 Å². The van der Waals surface area contributed by atoms with Gasteiger partial charge in [0.2, 0.25) is 5.91 Å². The predicted octanol–water partition coefficient (Wildman–Crippen LogP) is 1.66. The van der Waals surface area contributed by atoms with E-state index in [1.807, 2.05) is 32.0 Å². The third-order valence-corrected chi connectivity index (χ3v) is 3.21. The number of nitrogens with zero attached hydrogens (tertiary/aromatic N) is 2. The van der Waals surface area contributed by atoms with E-state index in [0.29, 0.717) is 17.5 Å². The van der Waals surface area contributed by atoms with E-state index in [9.17, 15) is 4.79 Å². The first-order valence-electron chi connectivity index (χ1n) is 5.99. The summed E-state index contributed by atoms with van der Waals surface area (Å²) in [5.41, 5.74) is 10.8. The Hall–Kier alpha value is -2.37. The van der Waals surface area contributed by atoms with Crippen molar-refractivity contribution >= 4 is 28.7 Å². The van der Waals surface area contributed by atoms with Crippen molar-refractivity contribution < 1.29 is 9.21 Å². The van der Waals surface area contributed by atoms with Gasteiger partial charge >= 0.3 is 0 Å². The second-order valence-corrected chi connectivity index (χ2v) is 5.29. The molecule has 1 aliphatic heterocycles. The van der Waals surface area contributed by atoms with Crippen molar-refractivity contribution in [3.8, 4) is 0 Å². The first-order valence-corrected chi connectivity index (χ1v) is 5.99. The van der Waals surface area contributed by atoms with Crippen LogP contribution in [0.2, 0.25) is 0 Å². The molecule has 0 spiro atoms. The lowest BCUT2D eigenvalue weighted by molar-refractivity contribution is -0.122. The molecule has 3 rings (SSSR count). The van der Waals surface area contributed by atoms with Crippen molar-refractivity contribution in [2.45, 2.75) is 20.3 Å². The predicted molar refractivity (Wildman–Crippen MR) is 71.5 cm³/mol. The first-order chi connectivity index (χ1) is 8.95. The fraction of sp³-hybridized carbons (Fsp3) is 0.308. The fourth-order valence-corrected chi connectivity index (χ4v) is 2.34. The molecular formula is C13H14N4O2.